The highest BCUT2D eigenvalue weighted by molar-refractivity contribution is 4.80. The lowest BCUT2D eigenvalue weighted by atomic mass is 10.0. The maximum Gasteiger partial charge on any atom is 0.184 e. The van der Waals surface area contributed by atoms with Gasteiger partial charge in [-0.15, -0.1) is 0 Å². The molecule has 0 aromatic carbocycles. The fraction of sp³-hybridized carbons (Fsp3) is 0.846. The van der Waals surface area contributed by atoms with E-state index in [9.17, 15) is 10.2 Å². The smallest absolute Gasteiger partial charge is 0.184 e. The van der Waals surface area contributed by atoms with E-state index in [1.165, 1.54) is 0 Å². The Morgan fingerprint density at radius 2 is 2.12 bits per heavy atom. The zero-order valence-electron chi connectivity index (χ0n) is 10.9. The van der Waals surface area contributed by atoms with Gasteiger partial charge >= 0.3 is 0 Å². The summed E-state index contributed by atoms with van der Waals surface area (Å²) in [6, 6.07) is 0. The van der Waals surface area contributed by atoms with Crippen LogP contribution in [0.3, 0.4) is 0 Å². The predicted molar refractivity (Wildman–Crippen MR) is 65.6 cm³/mol. The van der Waals surface area contributed by atoms with Gasteiger partial charge in [-0.1, -0.05) is 12.2 Å². The molecular formula is C13H24O4. The fourth-order valence-electron chi connectivity index (χ4n) is 1.86. The minimum atomic E-state index is -0.745. The van der Waals surface area contributed by atoms with Crippen molar-refractivity contribution >= 4 is 0 Å². The Labute approximate surface area is 103 Å². The summed E-state index contributed by atoms with van der Waals surface area (Å²) in [7, 11) is 0. The largest absolute Gasteiger partial charge is 0.390 e. The Morgan fingerprint density at radius 3 is 2.76 bits per heavy atom. The lowest BCUT2D eigenvalue weighted by Gasteiger charge is -2.36. The van der Waals surface area contributed by atoms with E-state index >= 15 is 0 Å². The topological polar surface area (TPSA) is 58.9 Å². The minimum absolute atomic E-state index is 0.0355. The average molecular weight is 244 g/mol. The van der Waals surface area contributed by atoms with E-state index in [-0.39, 0.29) is 12.2 Å². The van der Waals surface area contributed by atoms with Crippen LogP contribution < -0.4 is 0 Å². The fourth-order valence-corrected chi connectivity index (χ4v) is 1.86. The van der Waals surface area contributed by atoms with Crippen molar-refractivity contribution in [3.05, 3.63) is 12.2 Å². The third-order valence-electron chi connectivity index (χ3n) is 3.03. The van der Waals surface area contributed by atoms with Gasteiger partial charge in [0.2, 0.25) is 0 Å². The molecular weight excluding hydrogens is 220 g/mol. The molecule has 1 aliphatic rings. The Kier molecular flexibility index (Phi) is 6.12. The molecule has 1 heterocycles. The molecule has 4 heteroatoms. The molecule has 2 N–H and O–H groups in total. The molecule has 0 aromatic rings. The van der Waals surface area contributed by atoms with E-state index < -0.39 is 18.5 Å². The molecule has 100 valence electrons. The second-order valence-electron chi connectivity index (χ2n) is 4.67. The van der Waals surface area contributed by atoms with Crippen LogP contribution in [0.2, 0.25) is 0 Å². The third kappa shape index (κ3) is 4.76. The molecule has 1 saturated heterocycles. The summed E-state index contributed by atoms with van der Waals surface area (Å²) in [6.07, 6.45) is 4.04. The number of ether oxygens (including phenoxy) is 2. The molecule has 0 saturated carbocycles. The van der Waals surface area contributed by atoms with Gasteiger partial charge in [0.15, 0.2) is 6.29 Å². The van der Waals surface area contributed by atoms with E-state index in [0.717, 1.165) is 12.8 Å². The lowest BCUT2D eigenvalue weighted by Crippen LogP contribution is -2.48. The van der Waals surface area contributed by atoms with Crippen molar-refractivity contribution in [3.8, 4) is 0 Å². The lowest BCUT2D eigenvalue weighted by molar-refractivity contribution is -0.273. The van der Waals surface area contributed by atoms with Gasteiger partial charge in [-0.25, -0.2) is 0 Å². The molecule has 0 spiro atoms. The van der Waals surface area contributed by atoms with E-state index in [1.807, 2.05) is 19.9 Å². The average Bonchev–Trinajstić information content (AvgIpc) is 2.26. The van der Waals surface area contributed by atoms with Crippen LogP contribution in [0, 0.1) is 0 Å². The molecule has 4 nitrogen and oxygen atoms in total. The van der Waals surface area contributed by atoms with E-state index in [0.29, 0.717) is 6.42 Å². The zero-order chi connectivity index (χ0) is 12.8. The van der Waals surface area contributed by atoms with Crippen molar-refractivity contribution in [2.45, 2.75) is 70.7 Å². The standard InChI is InChI=1S/C13H24O4/c1-4-5-6-7-9(2)16-13-12(15)8-11(14)10(3)17-13/h4-5,9-15H,6-8H2,1-3H3/b5-4+/t9-,10+,11?,12-,13?/m1/s1. The number of allylic oxidation sites excluding steroid dienone is 2. The van der Waals surface area contributed by atoms with Crippen molar-refractivity contribution in [1.82, 2.24) is 0 Å². The summed E-state index contributed by atoms with van der Waals surface area (Å²) in [5.74, 6) is 0. The molecule has 2 unspecified atom stereocenters. The Hall–Kier alpha value is -0.420. The van der Waals surface area contributed by atoms with Crippen LogP contribution >= 0.6 is 0 Å². The van der Waals surface area contributed by atoms with E-state index in [2.05, 4.69) is 6.08 Å². The third-order valence-corrected chi connectivity index (χ3v) is 3.03. The van der Waals surface area contributed by atoms with Gasteiger partial charge in [-0.05, 0) is 33.6 Å². The Balaban J connectivity index is 2.34. The van der Waals surface area contributed by atoms with Crippen LogP contribution in [0.15, 0.2) is 12.2 Å². The maximum absolute atomic E-state index is 9.75. The first-order valence-electron chi connectivity index (χ1n) is 6.32. The zero-order valence-corrected chi connectivity index (χ0v) is 10.9. The van der Waals surface area contributed by atoms with Crippen LogP contribution in [-0.2, 0) is 9.47 Å². The highest BCUT2D eigenvalue weighted by Gasteiger charge is 2.35. The van der Waals surface area contributed by atoms with E-state index in [4.69, 9.17) is 9.47 Å². The first-order valence-corrected chi connectivity index (χ1v) is 6.32. The predicted octanol–water partition coefficient (Wildman–Crippen LogP) is 1.60. The molecule has 5 atom stereocenters. The van der Waals surface area contributed by atoms with Crippen molar-refractivity contribution in [1.29, 1.82) is 0 Å². The van der Waals surface area contributed by atoms with Crippen LogP contribution in [0.25, 0.3) is 0 Å². The first kappa shape index (κ1) is 14.6. The van der Waals surface area contributed by atoms with Crippen LogP contribution in [0.4, 0.5) is 0 Å². The van der Waals surface area contributed by atoms with Gasteiger partial charge in [0.25, 0.3) is 0 Å². The molecule has 1 fully saturated rings. The Morgan fingerprint density at radius 1 is 1.41 bits per heavy atom. The molecule has 1 rings (SSSR count). The normalized spacial score (nSPS) is 36.3. The number of rotatable bonds is 5. The first-order chi connectivity index (χ1) is 8.04. The second-order valence-corrected chi connectivity index (χ2v) is 4.67. The minimum Gasteiger partial charge on any atom is -0.390 e. The molecule has 0 amide bonds. The van der Waals surface area contributed by atoms with Crippen molar-refractivity contribution < 1.29 is 19.7 Å². The Bertz CT molecular complexity index is 242. The van der Waals surface area contributed by atoms with Crippen LogP contribution in [-0.4, -0.2) is 40.9 Å². The quantitative estimate of drug-likeness (QED) is 0.721. The summed E-state index contributed by atoms with van der Waals surface area (Å²) >= 11 is 0. The summed E-state index contributed by atoms with van der Waals surface area (Å²) in [4.78, 5) is 0. The summed E-state index contributed by atoms with van der Waals surface area (Å²) in [5.41, 5.74) is 0. The maximum atomic E-state index is 9.75. The van der Waals surface area contributed by atoms with Gasteiger partial charge in [0.1, 0.15) is 6.10 Å². The monoisotopic (exact) mass is 244 g/mol. The molecule has 0 aliphatic carbocycles. The number of aliphatic hydroxyl groups is 2. The summed E-state index contributed by atoms with van der Waals surface area (Å²) < 4.78 is 11.1. The van der Waals surface area contributed by atoms with Crippen LogP contribution in [0.1, 0.15) is 40.0 Å². The van der Waals surface area contributed by atoms with Gasteiger partial charge in [-0.3, -0.25) is 0 Å². The van der Waals surface area contributed by atoms with Crippen molar-refractivity contribution in [2.75, 3.05) is 0 Å². The van der Waals surface area contributed by atoms with Crippen LogP contribution in [0.5, 0.6) is 0 Å². The number of hydrogen-bond donors (Lipinski definition) is 2. The summed E-state index contributed by atoms with van der Waals surface area (Å²) in [5, 5.41) is 19.3. The van der Waals surface area contributed by atoms with Crippen molar-refractivity contribution in [3.63, 3.8) is 0 Å². The summed E-state index contributed by atoms with van der Waals surface area (Å²) in [6.45, 7) is 5.75. The molecule has 0 radical (unpaired) electrons. The highest BCUT2D eigenvalue weighted by atomic mass is 16.7. The highest BCUT2D eigenvalue weighted by Crippen LogP contribution is 2.22. The number of hydrogen-bond acceptors (Lipinski definition) is 4. The van der Waals surface area contributed by atoms with Gasteiger partial charge in [0.05, 0.1) is 18.3 Å². The SMILES string of the molecule is C/C=C/CC[C@@H](C)OC1O[C@@H](C)C(O)C[C@H]1O. The molecule has 0 bridgehead atoms. The van der Waals surface area contributed by atoms with Crippen molar-refractivity contribution in [2.24, 2.45) is 0 Å². The van der Waals surface area contributed by atoms with Gasteiger partial charge in [0, 0.05) is 6.42 Å². The van der Waals surface area contributed by atoms with Gasteiger partial charge < -0.3 is 19.7 Å². The van der Waals surface area contributed by atoms with E-state index in [1.54, 1.807) is 6.92 Å². The van der Waals surface area contributed by atoms with Gasteiger partial charge in [-0.2, -0.15) is 0 Å². The second kappa shape index (κ2) is 7.11. The number of aliphatic hydroxyl groups excluding tert-OH is 2. The molecule has 1 aliphatic heterocycles. The molecule has 0 aromatic heterocycles. The molecule has 17 heavy (non-hydrogen) atoms.